The largest absolute Gasteiger partial charge is 0.477 e. The molecule has 0 radical (unpaired) electrons. The van der Waals surface area contributed by atoms with Crippen molar-refractivity contribution in [2.45, 2.75) is 0 Å². The third-order valence-electron chi connectivity index (χ3n) is 1.76. The fraction of sp³-hybridized carbons (Fsp3) is 0. The molecule has 0 unspecified atom stereocenters. The molecule has 0 spiro atoms. The predicted molar refractivity (Wildman–Crippen MR) is 56.1 cm³/mol. The van der Waals surface area contributed by atoms with E-state index in [1.807, 2.05) is 24.3 Å². The van der Waals surface area contributed by atoms with Gasteiger partial charge in [-0.05, 0) is 12.1 Å². The minimum atomic E-state index is -0.925. The highest BCUT2D eigenvalue weighted by Gasteiger charge is 2.05. The molecule has 1 heterocycles. The molecule has 0 saturated heterocycles. The van der Waals surface area contributed by atoms with Crippen LogP contribution in [0.5, 0.6) is 0 Å². The molecule has 0 atom stereocenters. The zero-order valence-electron chi connectivity index (χ0n) is 7.15. The van der Waals surface area contributed by atoms with Crippen molar-refractivity contribution in [1.29, 1.82) is 0 Å². The fourth-order valence-corrected chi connectivity index (χ4v) is 1.19. The number of H-pyrrole nitrogens is 1. The molecule has 0 fully saturated rings. The Balaban J connectivity index is 0.000000845. The lowest BCUT2D eigenvalue weighted by Crippen LogP contribution is -1.94. The maximum atomic E-state index is 10.5. The van der Waals surface area contributed by atoms with E-state index in [2.05, 4.69) is 4.98 Å². The van der Waals surface area contributed by atoms with Crippen molar-refractivity contribution >= 4 is 29.3 Å². The van der Waals surface area contributed by atoms with Gasteiger partial charge in [0.2, 0.25) is 0 Å². The first-order valence-electron chi connectivity index (χ1n) is 3.58. The Hall–Kier alpha value is -1.52. The number of hydrogen-bond acceptors (Lipinski definition) is 1. The van der Waals surface area contributed by atoms with Crippen LogP contribution in [0.15, 0.2) is 30.3 Å². The van der Waals surface area contributed by atoms with Crippen molar-refractivity contribution in [3.8, 4) is 0 Å². The van der Waals surface area contributed by atoms with Crippen LogP contribution in [0.2, 0.25) is 0 Å². The number of benzene rings is 1. The molecule has 2 aromatic rings. The van der Waals surface area contributed by atoms with Crippen LogP contribution in [0.1, 0.15) is 10.5 Å². The van der Waals surface area contributed by atoms with Gasteiger partial charge in [-0.15, -0.1) is 12.4 Å². The summed E-state index contributed by atoms with van der Waals surface area (Å²) >= 11 is 0. The van der Waals surface area contributed by atoms with E-state index >= 15 is 0 Å². The van der Waals surface area contributed by atoms with E-state index in [1.54, 1.807) is 6.07 Å². The molecule has 14 heavy (non-hydrogen) atoms. The minimum absolute atomic E-state index is 0. The van der Waals surface area contributed by atoms with E-state index in [-0.39, 0.29) is 23.6 Å². The van der Waals surface area contributed by atoms with E-state index in [9.17, 15) is 4.79 Å². The molecular formula is C9H10ClNO3. The number of nitrogens with one attached hydrogen (secondary N) is 1. The Labute approximate surface area is 86.3 Å². The van der Waals surface area contributed by atoms with Crippen molar-refractivity contribution in [3.63, 3.8) is 0 Å². The molecule has 0 amide bonds. The predicted octanol–water partition coefficient (Wildman–Crippen LogP) is 1.46. The SMILES string of the molecule is Cl.O.O=C(O)c1cc2ccccc2[nH]1. The highest BCUT2D eigenvalue weighted by molar-refractivity contribution is 5.93. The lowest BCUT2D eigenvalue weighted by molar-refractivity contribution is 0.0691. The molecule has 0 bridgehead atoms. The summed E-state index contributed by atoms with van der Waals surface area (Å²) in [6.07, 6.45) is 0. The van der Waals surface area contributed by atoms with Gasteiger partial charge in [-0.2, -0.15) is 0 Å². The van der Waals surface area contributed by atoms with Gasteiger partial charge in [0.15, 0.2) is 0 Å². The molecule has 4 N–H and O–H groups in total. The number of carboxylic acids is 1. The van der Waals surface area contributed by atoms with Crippen molar-refractivity contribution < 1.29 is 15.4 Å². The van der Waals surface area contributed by atoms with Gasteiger partial charge < -0.3 is 15.6 Å². The monoisotopic (exact) mass is 215 g/mol. The Morgan fingerprint density at radius 1 is 1.29 bits per heavy atom. The number of carboxylic acid groups (broad SMARTS) is 1. The van der Waals surface area contributed by atoms with Crippen molar-refractivity contribution in [2.24, 2.45) is 0 Å². The molecule has 5 heteroatoms. The zero-order valence-corrected chi connectivity index (χ0v) is 7.97. The molecule has 2 rings (SSSR count). The Kier molecular flexibility index (Phi) is 4.14. The van der Waals surface area contributed by atoms with Gasteiger partial charge in [0.05, 0.1) is 0 Å². The van der Waals surface area contributed by atoms with Crippen molar-refractivity contribution in [2.75, 3.05) is 0 Å². The van der Waals surface area contributed by atoms with Crippen LogP contribution >= 0.6 is 12.4 Å². The summed E-state index contributed by atoms with van der Waals surface area (Å²) in [7, 11) is 0. The number of aromatic nitrogens is 1. The van der Waals surface area contributed by atoms with Crippen molar-refractivity contribution in [1.82, 2.24) is 4.98 Å². The fourth-order valence-electron chi connectivity index (χ4n) is 1.19. The van der Waals surface area contributed by atoms with Crippen LogP contribution in [0.3, 0.4) is 0 Å². The first kappa shape index (κ1) is 12.5. The van der Waals surface area contributed by atoms with E-state index in [0.29, 0.717) is 0 Å². The number of halogens is 1. The van der Waals surface area contributed by atoms with Crippen molar-refractivity contribution in [3.05, 3.63) is 36.0 Å². The molecule has 76 valence electrons. The smallest absolute Gasteiger partial charge is 0.352 e. The molecule has 0 aliphatic heterocycles. The number of hydrogen-bond donors (Lipinski definition) is 2. The number of fused-ring (bicyclic) bond motifs is 1. The summed E-state index contributed by atoms with van der Waals surface area (Å²) in [5.41, 5.74) is 1.09. The van der Waals surface area contributed by atoms with Gasteiger partial charge in [0, 0.05) is 10.9 Å². The molecule has 0 saturated carbocycles. The van der Waals surface area contributed by atoms with Gasteiger partial charge in [0.25, 0.3) is 0 Å². The number of para-hydroxylation sites is 1. The lowest BCUT2D eigenvalue weighted by atomic mass is 10.2. The van der Waals surface area contributed by atoms with Gasteiger partial charge in [-0.1, -0.05) is 18.2 Å². The van der Waals surface area contributed by atoms with E-state index in [4.69, 9.17) is 5.11 Å². The highest BCUT2D eigenvalue weighted by atomic mass is 35.5. The summed E-state index contributed by atoms with van der Waals surface area (Å²) in [5.74, 6) is -0.925. The maximum Gasteiger partial charge on any atom is 0.352 e. The Morgan fingerprint density at radius 2 is 1.93 bits per heavy atom. The quantitative estimate of drug-likeness (QED) is 0.755. The molecule has 4 nitrogen and oxygen atoms in total. The maximum absolute atomic E-state index is 10.5. The van der Waals surface area contributed by atoms with Gasteiger partial charge in [0.1, 0.15) is 5.69 Å². The number of aromatic carboxylic acids is 1. The van der Waals surface area contributed by atoms with Crippen LogP contribution < -0.4 is 0 Å². The van der Waals surface area contributed by atoms with Crippen LogP contribution in [0.4, 0.5) is 0 Å². The van der Waals surface area contributed by atoms with E-state index in [1.165, 1.54) is 0 Å². The molecule has 0 aliphatic rings. The summed E-state index contributed by atoms with van der Waals surface area (Å²) in [4.78, 5) is 13.3. The molecule has 0 aliphatic carbocycles. The second-order valence-electron chi connectivity index (χ2n) is 2.58. The third kappa shape index (κ3) is 2.04. The highest BCUT2D eigenvalue weighted by Crippen LogP contribution is 2.13. The standard InChI is InChI=1S/C9H7NO2.ClH.H2O/c11-9(12)8-5-6-3-1-2-4-7(6)10-8;;/h1-5,10H,(H,11,12);1H;1H2. The summed E-state index contributed by atoms with van der Waals surface area (Å²) < 4.78 is 0. The summed E-state index contributed by atoms with van der Waals surface area (Å²) in [5, 5.41) is 9.58. The summed E-state index contributed by atoms with van der Waals surface area (Å²) in [6, 6.07) is 9.09. The number of carbonyl (C=O) groups is 1. The normalized spacial score (nSPS) is 8.86. The topological polar surface area (TPSA) is 84.6 Å². The second kappa shape index (κ2) is 4.64. The zero-order chi connectivity index (χ0) is 8.55. The van der Waals surface area contributed by atoms with Gasteiger partial charge in [-0.25, -0.2) is 4.79 Å². The molecule has 1 aromatic heterocycles. The number of aromatic amines is 1. The number of rotatable bonds is 1. The van der Waals surface area contributed by atoms with E-state index in [0.717, 1.165) is 10.9 Å². The van der Waals surface area contributed by atoms with Crippen LogP contribution in [-0.2, 0) is 0 Å². The lowest BCUT2D eigenvalue weighted by Gasteiger charge is -1.84. The van der Waals surface area contributed by atoms with Gasteiger partial charge >= 0.3 is 5.97 Å². The summed E-state index contributed by atoms with van der Waals surface area (Å²) in [6.45, 7) is 0. The average molecular weight is 216 g/mol. The average Bonchev–Trinajstić information content (AvgIpc) is 2.46. The Bertz CT molecular complexity index is 405. The van der Waals surface area contributed by atoms with E-state index < -0.39 is 5.97 Å². The molecular weight excluding hydrogens is 206 g/mol. The molecule has 1 aromatic carbocycles. The third-order valence-corrected chi connectivity index (χ3v) is 1.76. The Morgan fingerprint density at radius 3 is 2.50 bits per heavy atom. The van der Waals surface area contributed by atoms with Crippen LogP contribution in [0.25, 0.3) is 10.9 Å². The van der Waals surface area contributed by atoms with Gasteiger partial charge in [-0.3, -0.25) is 0 Å². The van der Waals surface area contributed by atoms with Crippen LogP contribution in [-0.4, -0.2) is 21.5 Å². The first-order valence-corrected chi connectivity index (χ1v) is 3.58. The van der Waals surface area contributed by atoms with Crippen LogP contribution in [0, 0.1) is 0 Å². The first-order chi connectivity index (χ1) is 5.77. The second-order valence-corrected chi connectivity index (χ2v) is 2.58. The minimum Gasteiger partial charge on any atom is -0.477 e.